The zero-order valence-corrected chi connectivity index (χ0v) is 36.3. The van der Waals surface area contributed by atoms with Crippen LogP contribution >= 0.6 is 11.3 Å². The second-order valence-corrected chi connectivity index (χ2v) is 19.9. The van der Waals surface area contributed by atoms with Crippen LogP contribution in [-0.2, 0) is 6.54 Å². The molecule has 62 heavy (non-hydrogen) atoms. The van der Waals surface area contributed by atoms with Gasteiger partial charge in [-0.1, -0.05) is 27.7 Å². The summed E-state index contributed by atoms with van der Waals surface area (Å²) in [6.07, 6.45) is 8.78. The van der Waals surface area contributed by atoms with Gasteiger partial charge in [0, 0.05) is 80.8 Å². The fourth-order valence-corrected chi connectivity index (χ4v) is 10.6. The molecule has 9 heterocycles. The SMILES string of the molecule is CC1(C)CC([n+]2[nH]nc3cc(-c4ncc(-c5cnn(CC6(C)CC(n7nnc8cc(-c9ccc(-c%10nncs%10)cc9O)nnc87)CC(C)(C)N6)c5)cc4O)nnc32)CC(C)(C)N1. The third-order valence-electron chi connectivity index (χ3n) is 11.9. The van der Waals surface area contributed by atoms with Crippen LogP contribution < -0.4 is 15.3 Å². The van der Waals surface area contributed by atoms with E-state index in [0.29, 0.717) is 63.5 Å². The molecule has 19 nitrogen and oxygen atoms in total. The molecule has 0 radical (unpaired) electrons. The number of aromatic amines is 1. The topological polar surface area (TPSA) is 236 Å². The van der Waals surface area contributed by atoms with E-state index in [4.69, 9.17) is 5.10 Å². The number of nitrogens with zero attached hydrogens (tertiary/aromatic N) is 14. The first kappa shape index (κ1) is 39.7. The highest BCUT2D eigenvalue weighted by atomic mass is 32.1. The molecule has 5 N–H and O–H groups in total. The molecule has 20 heteroatoms. The molecule has 0 spiro atoms. The van der Waals surface area contributed by atoms with Gasteiger partial charge in [-0.25, -0.2) is 9.67 Å². The van der Waals surface area contributed by atoms with Crippen molar-refractivity contribution in [3.05, 3.63) is 60.5 Å². The number of phenols is 1. The summed E-state index contributed by atoms with van der Waals surface area (Å²) in [7, 11) is 0. The van der Waals surface area contributed by atoms with E-state index in [2.05, 4.69) is 115 Å². The average Bonchev–Trinajstić information content (AvgIpc) is 4.03. The minimum Gasteiger partial charge on any atom is -0.507 e. The Morgan fingerprint density at radius 3 is 2.27 bits per heavy atom. The summed E-state index contributed by atoms with van der Waals surface area (Å²) < 4.78 is 5.79. The zero-order valence-electron chi connectivity index (χ0n) is 35.5. The number of fused-ring (bicyclic) bond motifs is 2. The van der Waals surface area contributed by atoms with Crippen LogP contribution in [0.2, 0.25) is 0 Å². The lowest BCUT2D eigenvalue weighted by atomic mass is 9.78. The van der Waals surface area contributed by atoms with Gasteiger partial charge in [-0.15, -0.1) is 30.7 Å². The molecule has 1 aromatic carbocycles. The number of aromatic hydroxyl groups is 2. The van der Waals surface area contributed by atoms with Crippen molar-refractivity contribution in [2.75, 3.05) is 0 Å². The number of phenolic OH excluding ortho intramolecular Hbond substituents is 1. The van der Waals surface area contributed by atoms with Crippen molar-refractivity contribution in [3.63, 3.8) is 0 Å². The van der Waals surface area contributed by atoms with Gasteiger partial charge >= 0.3 is 5.65 Å². The number of H-pyrrole nitrogens is 1. The van der Waals surface area contributed by atoms with Crippen molar-refractivity contribution < 1.29 is 14.9 Å². The van der Waals surface area contributed by atoms with Crippen molar-refractivity contribution in [2.45, 2.75) is 115 Å². The van der Waals surface area contributed by atoms with Crippen LogP contribution in [0.4, 0.5) is 0 Å². The van der Waals surface area contributed by atoms with Gasteiger partial charge in [-0.3, -0.25) is 4.68 Å². The standard InChI is InChI=1S/C42H47N17O2S/c1-39(2)14-26(15-40(3,4)53-39)58-37-32(49-55-58)13-30(47-51-37)35-34(61)11-24(18-43-35)25-19-45-57(20-25)21-42(7)17-27(16-41(5,6)54-42)59-36-31(48-56-59)12-29(46-50-36)28-9-8-23(10-33(28)60)38-52-44-22-62-38/h8-13,18-20,22,26-27,53-54H,14-17,21H2,1-7H3,(H2,46,47,60,61)/p+1. The largest absolute Gasteiger partial charge is 0.507 e. The number of piperidine rings is 2. The molecule has 2 aliphatic rings. The lowest BCUT2D eigenvalue weighted by Gasteiger charge is -2.47. The Bertz CT molecular complexity index is 2960. The molecule has 7 aromatic heterocycles. The van der Waals surface area contributed by atoms with Crippen LogP contribution in [0.3, 0.4) is 0 Å². The van der Waals surface area contributed by atoms with Crippen molar-refractivity contribution >= 4 is 33.7 Å². The Labute approximate surface area is 360 Å². The smallest absolute Gasteiger partial charge is 0.350 e. The Morgan fingerprint density at radius 2 is 1.52 bits per heavy atom. The van der Waals surface area contributed by atoms with E-state index in [0.717, 1.165) is 35.4 Å². The molecule has 2 fully saturated rings. The molecule has 0 saturated carbocycles. The fraction of sp³-hybridized carbons (Fsp3) is 0.429. The van der Waals surface area contributed by atoms with Crippen molar-refractivity contribution in [2.24, 2.45) is 0 Å². The molecule has 318 valence electrons. The van der Waals surface area contributed by atoms with E-state index in [1.807, 2.05) is 26.3 Å². The van der Waals surface area contributed by atoms with E-state index < -0.39 is 5.54 Å². The summed E-state index contributed by atoms with van der Waals surface area (Å²) in [4.78, 5) is 4.63. The number of hydrogen-bond donors (Lipinski definition) is 5. The summed E-state index contributed by atoms with van der Waals surface area (Å²) in [6, 6.07) is 10.7. The molecular formula is C42H48N17O2S+. The summed E-state index contributed by atoms with van der Waals surface area (Å²) in [5.41, 5.74) is 7.45. The molecule has 2 unspecified atom stereocenters. The van der Waals surface area contributed by atoms with Gasteiger partial charge in [0.25, 0.3) is 0 Å². The maximum absolute atomic E-state index is 11.2. The second kappa shape index (κ2) is 14.3. The normalized spacial score (nSPS) is 21.2. The average molecular weight is 855 g/mol. The molecule has 0 bridgehead atoms. The van der Waals surface area contributed by atoms with Gasteiger partial charge < -0.3 is 20.8 Å². The molecule has 2 atom stereocenters. The predicted molar refractivity (Wildman–Crippen MR) is 231 cm³/mol. The van der Waals surface area contributed by atoms with Crippen LogP contribution in [0.1, 0.15) is 86.2 Å². The van der Waals surface area contributed by atoms with Gasteiger partial charge in [0.1, 0.15) is 45.0 Å². The van der Waals surface area contributed by atoms with Gasteiger partial charge in [-0.05, 0) is 90.7 Å². The summed E-state index contributed by atoms with van der Waals surface area (Å²) >= 11 is 1.40. The Kier molecular flexibility index (Phi) is 9.20. The van der Waals surface area contributed by atoms with Gasteiger partial charge in [0.2, 0.25) is 11.2 Å². The highest BCUT2D eigenvalue weighted by molar-refractivity contribution is 7.12. The van der Waals surface area contributed by atoms with Gasteiger partial charge in [0.05, 0.1) is 24.5 Å². The lowest BCUT2D eigenvalue weighted by Crippen LogP contribution is -2.62. The molecule has 0 amide bonds. The minimum absolute atomic E-state index is 0.0193. The van der Waals surface area contributed by atoms with Crippen molar-refractivity contribution in [3.8, 4) is 55.8 Å². The highest BCUT2D eigenvalue weighted by Gasteiger charge is 2.44. The van der Waals surface area contributed by atoms with E-state index in [9.17, 15) is 10.2 Å². The number of benzene rings is 1. The van der Waals surface area contributed by atoms with E-state index in [1.165, 1.54) is 11.3 Å². The molecule has 2 aliphatic heterocycles. The second-order valence-electron chi connectivity index (χ2n) is 19.1. The lowest BCUT2D eigenvalue weighted by molar-refractivity contribution is -0.761. The molecular weight excluding hydrogens is 807 g/mol. The Morgan fingerprint density at radius 1 is 0.758 bits per heavy atom. The zero-order chi connectivity index (χ0) is 43.2. The van der Waals surface area contributed by atoms with Crippen molar-refractivity contribution in [1.82, 2.24) is 81.3 Å². The van der Waals surface area contributed by atoms with Gasteiger partial charge in [-0.2, -0.15) is 9.78 Å². The summed E-state index contributed by atoms with van der Waals surface area (Å²) in [6.45, 7) is 16.0. The molecule has 2 saturated heterocycles. The first-order valence-corrected chi connectivity index (χ1v) is 21.5. The summed E-state index contributed by atoms with van der Waals surface area (Å²) in [5, 5.41) is 78.0. The first-order chi connectivity index (χ1) is 29.5. The van der Waals surface area contributed by atoms with Crippen LogP contribution in [0.5, 0.6) is 11.5 Å². The van der Waals surface area contributed by atoms with Crippen LogP contribution in [-0.4, -0.2) is 103 Å². The third-order valence-corrected chi connectivity index (χ3v) is 12.6. The number of aromatic nitrogens is 15. The van der Waals surface area contributed by atoms with E-state index >= 15 is 0 Å². The van der Waals surface area contributed by atoms with Crippen LogP contribution in [0.15, 0.2) is 60.5 Å². The highest BCUT2D eigenvalue weighted by Crippen LogP contribution is 2.40. The predicted octanol–water partition coefficient (Wildman–Crippen LogP) is 5.34. The maximum Gasteiger partial charge on any atom is 0.350 e. The van der Waals surface area contributed by atoms with Gasteiger partial charge in [0.15, 0.2) is 0 Å². The monoisotopic (exact) mass is 854 g/mol. The maximum atomic E-state index is 11.2. The van der Waals surface area contributed by atoms with E-state index in [-0.39, 0.29) is 40.2 Å². The number of pyridine rings is 1. The van der Waals surface area contributed by atoms with Crippen LogP contribution in [0, 0.1) is 0 Å². The quantitative estimate of drug-likeness (QED) is 0.121. The first-order valence-electron chi connectivity index (χ1n) is 20.6. The van der Waals surface area contributed by atoms with E-state index in [1.54, 1.807) is 48.2 Å². The molecule has 0 aliphatic carbocycles. The third kappa shape index (κ3) is 7.51. The van der Waals surface area contributed by atoms with Crippen LogP contribution in [0.25, 0.3) is 66.7 Å². The molecule has 10 rings (SSSR count). The summed E-state index contributed by atoms with van der Waals surface area (Å²) in [5.74, 6) is 0.0446. The van der Waals surface area contributed by atoms with Crippen molar-refractivity contribution in [1.29, 1.82) is 0 Å². The Hall–Kier alpha value is -6.38. The number of hydrogen-bond acceptors (Lipinski definition) is 16. The minimum atomic E-state index is -0.395. The Balaban J connectivity index is 0.847. The number of rotatable bonds is 8. The molecule has 8 aromatic rings. The number of nitrogens with one attached hydrogen (secondary N) is 3. The fourth-order valence-electron chi connectivity index (χ4n) is 10.1.